The lowest BCUT2D eigenvalue weighted by molar-refractivity contribution is -0.117. The van der Waals surface area contributed by atoms with E-state index in [-0.39, 0.29) is 17.4 Å². The molecule has 1 fully saturated rings. The summed E-state index contributed by atoms with van der Waals surface area (Å²) in [5.74, 6) is 1.94. The van der Waals surface area contributed by atoms with E-state index < -0.39 is 0 Å². The number of hydrogen-bond acceptors (Lipinski definition) is 7. The molecular formula is C39H42N8O2. The molecule has 250 valence electrons. The Kier molecular flexibility index (Phi) is 8.64. The third-order valence-electron chi connectivity index (χ3n) is 9.54. The van der Waals surface area contributed by atoms with Crippen LogP contribution in [0.4, 0.5) is 17.5 Å². The van der Waals surface area contributed by atoms with Crippen molar-refractivity contribution in [3.63, 3.8) is 0 Å². The number of amides is 1. The largest absolute Gasteiger partial charge is 0.489 e. The minimum Gasteiger partial charge on any atom is -0.489 e. The Balaban J connectivity index is 0.975. The van der Waals surface area contributed by atoms with E-state index in [2.05, 4.69) is 93.0 Å². The van der Waals surface area contributed by atoms with Crippen molar-refractivity contribution in [1.29, 1.82) is 0 Å². The first kappa shape index (κ1) is 32.1. The van der Waals surface area contributed by atoms with Crippen LogP contribution in [-0.4, -0.2) is 61.3 Å². The molecule has 3 aromatic carbocycles. The van der Waals surface area contributed by atoms with E-state index in [9.17, 15) is 4.79 Å². The Labute approximate surface area is 286 Å². The molecular weight excluding hydrogens is 612 g/mol. The molecule has 1 saturated heterocycles. The Hall–Kier alpha value is -5.48. The zero-order valence-corrected chi connectivity index (χ0v) is 28.6. The van der Waals surface area contributed by atoms with E-state index in [1.54, 1.807) is 10.9 Å². The first-order valence-corrected chi connectivity index (χ1v) is 16.7. The lowest BCUT2D eigenvalue weighted by Crippen LogP contribution is -2.33. The van der Waals surface area contributed by atoms with Crippen LogP contribution in [0.1, 0.15) is 42.7 Å². The van der Waals surface area contributed by atoms with Crippen molar-refractivity contribution >= 4 is 34.3 Å². The van der Waals surface area contributed by atoms with Crippen molar-refractivity contribution in [2.75, 3.05) is 30.3 Å². The Morgan fingerprint density at radius 2 is 1.80 bits per heavy atom. The Bertz CT molecular complexity index is 2080. The van der Waals surface area contributed by atoms with E-state index in [1.807, 2.05) is 57.4 Å². The summed E-state index contributed by atoms with van der Waals surface area (Å²) >= 11 is 0. The predicted molar refractivity (Wildman–Crippen MR) is 194 cm³/mol. The zero-order valence-electron chi connectivity index (χ0n) is 28.6. The van der Waals surface area contributed by atoms with Gasteiger partial charge in [-0.1, -0.05) is 68.4 Å². The number of hydrogen-bond donors (Lipinski definition) is 3. The highest BCUT2D eigenvalue weighted by atomic mass is 16.5. The summed E-state index contributed by atoms with van der Waals surface area (Å²) in [7, 11) is 1.90. The molecule has 3 aromatic heterocycles. The standard InChI is InChI=1S/C39H42N8O2/c1-25-21-41-38(43-34-20-26(2)46(5)45-34)44-36(25)32-22-40-37-31(32)12-9-13-33(37)42-35(48)24-47-19-18-30(23-47)49-29-16-14-28(15-17-29)39(3,4)27-10-7-6-8-11-27/h6-17,20-22,30,40H,18-19,23-24H2,1-5H3,(H,42,48)(H,41,43,44,45). The molecule has 1 aliphatic heterocycles. The van der Waals surface area contributed by atoms with Gasteiger partial charge in [-0.15, -0.1) is 0 Å². The number of rotatable bonds is 10. The fourth-order valence-corrected chi connectivity index (χ4v) is 6.56. The van der Waals surface area contributed by atoms with Gasteiger partial charge in [-0.3, -0.25) is 14.4 Å². The highest BCUT2D eigenvalue weighted by Crippen LogP contribution is 2.34. The van der Waals surface area contributed by atoms with Gasteiger partial charge >= 0.3 is 0 Å². The van der Waals surface area contributed by atoms with Gasteiger partial charge in [-0.05, 0) is 55.2 Å². The molecule has 1 unspecified atom stereocenters. The second-order valence-corrected chi connectivity index (χ2v) is 13.4. The lowest BCUT2D eigenvalue weighted by Gasteiger charge is -2.26. The van der Waals surface area contributed by atoms with E-state index in [1.165, 1.54) is 11.1 Å². The number of aryl methyl sites for hydroxylation is 3. The van der Waals surface area contributed by atoms with E-state index in [0.717, 1.165) is 57.8 Å². The quantitative estimate of drug-likeness (QED) is 0.144. The monoisotopic (exact) mass is 654 g/mol. The number of para-hydroxylation sites is 1. The van der Waals surface area contributed by atoms with Crippen LogP contribution >= 0.6 is 0 Å². The van der Waals surface area contributed by atoms with Crippen molar-refractivity contribution in [3.05, 3.63) is 114 Å². The minimum atomic E-state index is -0.0983. The van der Waals surface area contributed by atoms with Crippen LogP contribution in [0, 0.1) is 13.8 Å². The number of nitrogens with one attached hydrogen (secondary N) is 3. The first-order valence-electron chi connectivity index (χ1n) is 16.7. The van der Waals surface area contributed by atoms with Gasteiger partial charge in [0.25, 0.3) is 0 Å². The maximum absolute atomic E-state index is 13.3. The van der Waals surface area contributed by atoms with Crippen molar-refractivity contribution in [3.8, 4) is 17.0 Å². The second kappa shape index (κ2) is 13.2. The van der Waals surface area contributed by atoms with E-state index >= 15 is 0 Å². The smallest absolute Gasteiger partial charge is 0.238 e. The van der Waals surface area contributed by atoms with Gasteiger partial charge in [0.1, 0.15) is 11.9 Å². The Morgan fingerprint density at radius 3 is 2.55 bits per heavy atom. The van der Waals surface area contributed by atoms with Gasteiger partial charge in [0.15, 0.2) is 5.82 Å². The van der Waals surface area contributed by atoms with Gasteiger partial charge in [0.2, 0.25) is 11.9 Å². The van der Waals surface area contributed by atoms with E-state index in [4.69, 9.17) is 9.72 Å². The van der Waals surface area contributed by atoms with Crippen molar-refractivity contribution in [1.82, 2.24) is 29.6 Å². The van der Waals surface area contributed by atoms with Crippen LogP contribution in [0.3, 0.4) is 0 Å². The number of likely N-dealkylation sites (tertiary alicyclic amines) is 1. The van der Waals surface area contributed by atoms with Crippen LogP contribution in [0.15, 0.2) is 91.3 Å². The number of anilines is 3. The molecule has 10 heteroatoms. The molecule has 49 heavy (non-hydrogen) atoms. The number of ether oxygens (including phenoxy) is 1. The second-order valence-electron chi connectivity index (χ2n) is 13.4. The number of nitrogens with zero attached hydrogens (tertiary/aromatic N) is 5. The van der Waals surface area contributed by atoms with E-state index in [0.29, 0.717) is 24.9 Å². The SMILES string of the molecule is Cc1cnc(Nc2cc(C)n(C)n2)nc1-c1c[nH]c2c(NC(=O)CN3CCC(Oc4ccc(C(C)(C)c5ccccc5)cc4)C3)cccc12. The molecule has 7 rings (SSSR count). The van der Waals surface area contributed by atoms with Gasteiger partial charge in [-0.2, -0.15) is 5.10 Å². The molecule has 6 aromatic rings. The number of aromatic amines is 1. The molecule has 0 spiro atoms. The molecule has 0 saturated carbocycles. The molecule has 0 radical (unpaired) electrons. The maximum atomic E-state index is 13.3. The van der Waals surface area contributed by atoms with Gasteiger partial charge in [0.05, 0.1) is 23.4 Å². The summed E-state index contributed by atoms with van der Waals surface area (Å²) in [6.07, 6.45) is 4.64. The number of carbonyl (C=O) groups excluding carboxylic acids is 1. The average molecular weight is 655 g/mol. The molecule has 1 aliphatic rings. The summed E-state index contributed by atoms with van der Waals surface area (Å²) in [6, 6.07) is 26.8. The third kappa shape index (κ3) is 6.77. The first-order chi connectivity index (χ1) is 23.6. The van der Waals surface area contributed by atoms with Gasteiger partial charge < -0.3 is 20.4 Å². The fourth-order valence-electron chi connectivity index (χ4n) is 6.56. The molecule has 1 amide bonds. The number of benzene rings is 3. The predicted octanol–water partition coefficient (Wildman–Crippen LogP) is 7.14. The van der Waals surface area contributed by atoms with Crippen LogP contribution in [0.2, 0.25) is 0 Å². The zero-order chi connectivity index (χ0) is 34.1. The highest BCUT2D eigenvalue weighted by molar-refractivity contribution is 6.06. The summed E-state index contributed by atoms with van der Waals surface area (Å²) in [5.41, 5.74) is 7.71. The molecule has 0 aliphatic carbocycles. The molecule has 10 nitrogen and oxygen atoms in total. The summed E-state index contributed by atoms with van der Waals surface area (Å²) in [5, 5.41) is 11.8. The van der Waals surface area contributed by atoms with Crippen LogP contribution in [0.25, 0.3) is 22.2 Å². The molecule has 0 bridgehead atoms. The van der Waals surface area contributed by atoms with Gasteiger partial charge in [0, 0.05) is 60.7 Å². The number of aromatic nitrogens is 5. The topological polar surface area (TPSA) is 113 Å². The number of H-pyrrole nitrogens is 1. The van der Waals surface area contributed by atoms with Crippen LogP contribution in [0.5, 0.6) is 5.75 Å². The average Bonchev–Trinajstić information content (AvgIpc) is 3.81. The number of carbonyl (C=O) groups is 1. The Morgan fingerprint density at radius 1 is 1.02 bits per heavy atom. The normalized spacial score (nSPS) is 15.1. The summed E-state index contributed by atoms with van der Waals surface area (Å²) in [6.45, 7) is 10.3. The van der Waals surface area contributed by atoms with Crippen LogP contribution in [-0.2, 0) is 17.3 Å². The molecule has 1 atom stereocenters. The fraction of sp³-hybridized carbons (Fsp3) is 0.282. The lowest BCUT2D eigenvalue weighted by atomic mass is 9.78. The third-order valence-corrected chi connectivity index (χ3v) is 9.54. The molecule has 3 N–H and O–H groups in total. The maximum Gasteiger partial charge on any atom is 0.238 e. The number of fused-ring (bicyclic) bond motifs is 1. The van der Waals surface area contributed by atoms with Crippen molar-refractivity contribution in [2.24, 2.45) is 7.05 Å². The van der Waals surface area contributed by atoms with Crippen LogP contribution < -0.4 is 15.4 Å². The van der Waals surface area contributed by atoms with Crippen molar-refractivity contribution in [2.45, 2.75) is 45.6 Å². The minimum absolute atomic E-state index is 0.0346. The van der Waals surface area contributed by atoms with Crippen molar-refractivity contribution < 1.29 is 9.53 Å². The summed E-state index contributed by atoms with van der Waals surface area (Å²) < 4.78 is 8.14. The molecule has 4 heterocycles. The van der Waals surface area contributed by atoms with Gasteiger partial charge in [-0.25, -0.2) is 9.97 Å². The highest BCUT2D eigenvalue weighted by Gasteiger charge is 2.27. The summed E-state index contributed by atoms with van der Waals surface area (Å²) in [4.78, 5) is 28.1.